The molecule has 1 aromatic rings. The third kappa shape index (κ3) is 11.3. The Morgan fingerprint density at radius 2 is 1.39 bits per heavy atom. The predicted octanol–water partition coefficient (Wildman–Crippen LogP) is 10.9. The number of thiol groups is 1. The first-order valence-corrected chi connectivity index (χ1v) is 19.2. The number of ether oxygens (including phenoxy) is 1. The van der Waals surface area contributed by atoms with Crippen LogP contribution >= 0.6 is 12.6 Å². The number of rotatable bonds is 23. The summed E-state index contributed by atoms with van der Waals surface area (Å²) in [5, 5.41) is 6.76. The van der Waals surface area contributed by atoms with Crippen molar-refractivity contribution in [2.75, 3.05) is 33.3 Å². The molecule has 1 rings (SSSR count). The third-order valence-corrected chi connectivity index (χ3v) is 12.9. The molecule has 268 valence electrons. The highest BCUT2D eigenvalue weighted by atomic mass is 32.1. The molecule has 0 aromatic heterocycles. The number of esters is 1. The number of carbonyl (C=O) groups excluding carboxylic acids is 1. The van der Waals surface area contributed by atoms with Crippen LogP contribution in [0, 0.1) is 33.0 Å². The average Bonchev–Trinajstić information content (AvgIpc) is 2.99. The van der Waals surface area contributed by atoms with Gasteiger partial charge in [0.1, 0.15) is 0 Å². The van der Waals surface area contributed by atoms with E-state index < -0.39 is 10.8 Å². The van der Waals surface area contributed by atoms with Crippen molar-refractivity contribution in [3.63, 3.8) is 0 Å². The van der Waals surface area contributed by atoms with Gasteiger partial charge in [0.25, 0.3) is 0 Å². The monoisotopic (exact) mass is 661 g/mol. The van der Waals surface area contributed by atoms with Gasteiger partial charge in [0.15, 0.2) is 0 Å². The highest BCUT2D eigenvalue weighted by molar-refractivity contribution is 7.79. The molecule has 4 nitrogen and oxygen atoms in total. The molecule has 3 atom stereocenters. The smallest absolute Gasteiger partial charge is 0.312 e. The number of carbonyl (C=O) groups is 1. The first-order valence-electron chi connectivity index (χ1n) is 18.6. The molecule has 3 unspecified atom stereocenters. The highest BCUT2D eigenvalue weighted by Gasteiger charge is 2.62. The van der Waals surface area contributed by atoms with Gasteiger partial charge in [-0.3, -0.25) is 4.79 Å². The Balaban J connectivity index is 3.26. The van der Waals surface area contributed by atoms with E-state index in [9.17, 15) is 4.79 Å². The summed E-state index contributed by atoms with van der Waals surface area (Å²) in [4.78, 5) is 14.4. The standard InChI is InChI=1S/C41H76N2O2S/c1-14-15-21-32(2)38(6,7)30-35(34-24-22-33(31-46)23-25-34)39(8,9)40(10,11)41(12,37(3,4)5)36(44)45-29-20-28-43-27-19-17-16-18-26-42-13/h22-25,32,35,42-43,46H,14-21,26-31H2,1-13H3. The summed E-state index contributed by atoms with van der Waals surface area (Å²) in [6.45, 7) is 31.4. The third-order valence-electron chi connectivity index (χ3n) is 12.5. The van der Waals surface area contributed by atoms with Crippen molar-refractivity contribution in [2.45, 2.75) is 153 Å². The lowest BCUT2D eigenvalue weighted by atomic mass is 9.43. The van der Waals surface area contributed by atoms with E-state index in [1.807, 2.05) is 7.05 Å². The molecule has 46 heavy (non-hydrogen) atoms. The van der Waals surface area contributed by atoms with Crippen molar-refractivity contribution < 1.29 is 9.53 Å². The van der Waals surface area contributed by atoms with E-state index in [1.165, 1.54) is 56.1 Å². The zero-order valence-corrected chi connectivity index (χ0v) is 33.5. The Hall–Kier alpha value is -1.04. The van der Waals surface area contributed by atoms with E-state index in [1.54, 1.807) is 0 Å². The maximum atomic E-state index is 14.4. The van der Waals surface area contributed by atoms with E-state index in [0.717, 1.165) is 38.2 Å². The first-order chi connectivity index (χ1) is 21.3. The van der Waals surface area contributed by atoms with E-state index in [0.29, 0.717) is 12.5 Å². The second-order valence-electron chi connectivity index (χ2n) is 17.2. The summed E-state index contributed by atoms with van der Waals surface area (Å²) < 4.78 is 6.19. The van der Waals surface area contributed by atoms with E-state index in [2.05, 4.69) is 131 Å². The number of nitrogens with one attached hydrogen (secondary N) is 2. The van der Waals surface area contributed by atoms with Gasteiger partial charge < -0.3 is 15.4 Å². The normalized spacial score (nSPS) is 15.8. The lowest BCUT2D eigenvalue weighted by Gasteiger charge is -2.60. The van der Waals surface area contributed by atoms with Crippen LogP contribution < -0.4 is 10.6 Å². The molecule has 2 N–H and O–H groups in total. The molecule has 0 saturated heterocycles. The molecule has 0 amide bonds. The second-order valence-corrected chi connectivity index (χ2v) is 17.5. The second kappa shape index (κ2) is 19.2. The molecule has 0 bridgehead atoms. The average molecular weight is 661 g/mol. The summed E-state index contributed by atoms with van der Waals surface area (Å²) in [5.74, 6) is 1.53. The van der Waals surface area contributed by atoms with Gasteiger partial charge in [-0.2, -0.15) is 12.6 Å². The number of hydrogen-bond donors (Lipinski definition) is 3. The SMILES string of the molecule is CCCCC(C)C(C)(C)CC(c1ccc(CS)cc1)C(C)(C)C(C)(C)C(C)(C(=O)OCCCNCCCCCCNC)C(C)(C)C. The van der Waals surface area contributed by atoms with Gasteiger partial charge in [0, 0.05) is 5.75 Å². The summed E-state index contributed by atoms with van der Waals surface area (Å²) >= 11 is 4.53. The van der Waals surface area contributed by atoms with Gasteiger partial charge in [-0.05, 0) is 104 Å². The van der Waals surface area contributed by atoms with E-state index in [4.69, 9.17) is 4.74 Å². The van der Waals surface area contributed by atoms with Crippen LogP contribution in [-0.2, 0) is 15.3 Å². The van der Waals surface area contributed by atoms with Crippen molar-refractivity contribution in [2.24, 2.45) is 33.0 Å². The topological polar surface area (TPSA) is 50.4 Å². The van der Waals surface area contributed by atoms with Crippen LogP contribution in [-0.4, -0.2) is 39.3 Å². The highest BCUT2D eigenvalue weighted by Crippen LogP contribution is 2.65. The minimum atomic E-state index is -0.717. The summed E-state index contributed by atoms with van der Waals surface area (Å²) in [6, 6.07) is 9.12. The predicted molar refractivity (Wildman–Crippen MR) is 205 cm³/mol. The number of benzene rings is 1. The van der Waals surface area contributed by atoms with Crippen molar-refractivity contribution >= 4 is 18.6 Å². The molecule has 0 aliphatic rings. The maximum Gasteiger partial charge on any atom is 0.312 e. The van der Waals surface area contributed by atoms with Crippen LogP contribution in [0.3, 0.4) is 0 Å². The van der Waals surface area contributed by atoms with Crippen LogP contribution in [0.2, 0.25) is 0 Å². The zero-order chi connectivity index (χ0) is 35.2. The fourth-order valence-electron chi connectivity index (χ4n) is 7.39. The van der Waals surface area contributed by atoms with Crippen molar-refractivity contribution in [1.82, 2.24) is 10.6 Å². The van der Waals surface area contributed by atoms with Crippen molar-refractivity contribution in [3.05, 3.63) is 35.4 Å². The van der Waals surface area contributed by atoms with E-state index in [-0.39, 0.29) is 28.1 Å². The molecular weight excluding hydrogens is 585 g/mol. The Morgan fingerprint density at radius 1 is 0.826 bits per heavy atom. The van der Waals surface area contributed by atoms with Gasteiger partial charge in [-0.1, -0.05) is 133 Å². The van der Waals surface area contributed by atoms with Crippen molar-refractivity contribution in [3.8, 4) is 0 Å². The van der Waals surface area contributed by atoms with Crippen LogP contribution in [0.1, 0.15) is 158 Å². The Kier molecular flexibility index (Phi) is 18.0. The first kappa shape index (κ1) is 43.0. The maximum absolute atomic E-state index is 14.4. The molecule has 0 radical (unpaired) electrons. The van der Waals surface area contributed by atoms with Gasteiger partial charge >= 0.3 is 5.97 Å². The number of hydrogen-bond acceptors (Lipinski definition) is 5. The van der Waals surface area contributed by atoms with Gasteiger partial charge in [0.2, 0.25) is 0 Å². The molecule has 0 fully saturated rings. The Morgan fingerprint density at radius 3 is 1.91 bits per heavy atom. The van der Waals surface area contributed by atoms with Crippen LogP contribution in [0.25, 0.3) is 0 Å². The summed E-state index contributed by atoms with van der Waals surface area (Å²) in [6.07, 6.45) is 10.6. The van der Waals surface area contributed by atoms with Crippen LogP contribution in [0.4, 0.5) is 0 Å². The molecule has 0 spiro atoms. The molecule has 1 aromatic carbocycles. The van der Waals surface area contributed by atoms with Gasteiger partial charge in [-0.15, -0.1) is 0 Å². The molecular formula is C41H76N2O2S. The minimum absolute atomic E-state index is 0.0673. The summed E-state index contributed by atoms with van der Waals surface area (Å²) in [5.41, 5.74) is 1.10. The Labute approximate surface area is 292 Å². The molecule has 0 aliphatic heterocycles. The van der Waals surface area contributed by atoms with Gasteiger partial charge in [0.05, 0.1) is 12.0 Å². The molecule has 0 aliphatic carbocycles. The largest absolute Gasteiger partial charge is 0.465 e. The lowest BCUT2D eigenvalue weighted by Crippen LogP contribution is -2.59. The quantitative estimate of drug-likeness (QED) is 0.0621. The van der Waals surface area contributed by atoms with Crippen LogP contribution in [0.15, 0.2) is 24.3 Å². The minimum Gasteiger partial charge on any atom is -0.465 e. The van der Waals surface area contributed by atoms with Gasteiger partial charge in [-0.25, -0.2) is 0 Å². The van der Waals surface area contributed by atoms with E-state index >= 15 is 0 Å². The molecule has 5 heteroatoms. The van der Waals surface area contributed by atoms with Crippen molar-refractivity contribution in [1.29, 1.82) is 0 Å². The fraction of sp³-hybridized carbons (Fsp3) is 0.829. The fourth-order valence-corrected chi connectivity index (χ4v) is 7.60. The van der Waals surface area contributed by atoms with Crippen LogP contribution in [0.5, 0.6) is 0 Å². The Bertz CT molecular complexity index is 995. The number of unbranched alkanes of at least 4 members (excludes halogenated alkanes) is 4. The summed E-state index contributed by atoms with van der Waals surface area (Å²) in [7, 11) is 2.01. The molecule has 0 heterocycles. The lowest BCUT2D eigenvalue weighted by molar-refractivity contribution is -0.187. The zero-order valence-electron chi connectivity index (χ0n) is 32.6. The molecule has 0 saturated carbocycles.